The van der Waals surface area contributed by atoms with Crippen LogP contribution in [0.2, 0.25) is 0 Å². The topological polar surface area (TPSA) is 74.6 Å². The van der Waals surface area contributed by atoms with Crippen LogP contribution in [0.3, 0.4) is 0 Å². The number of aliphatic hydroxyl groups is 1. The molecule has 0 saturated heterocycles. The number of hydrogen-bond donors (Lipinski definition) is 2. The van der Waals surface area contributed by atoms with Gasteiger partial charge >= 0.3 is 5.97 Å². The minimum absolute atomic E-state index is 0.0556. The van der Waals surface area contributed by atoms with E-state index in [0.717, 1.165) is 11.8 Å². The summed E-state index contributed by atoms with van der Waals surface area (Å²) in [4.78, 5) is 21.5. The highest BCUT2D eigenvalue weighted by molar-refractivity contribution is 8.15. The highest BCUT2D eigenvalue weighted by Crippen LogP contribution is 2.35. The van der Waals surface area contributed by atoms with Gasteiger partial charge < -0.3 is 10.2 Å². The van der Waals surface area contributed by atoms with Crippen LogP contribution >= 0.6 is 11.8 Å². The maximum atomic E-state index is 11.2. The second-order valence-electron chi connectivity index (χ2n) is 2.71. The zero-order valence-electron chi connectivity index (χ0n) is 7.11. The average molecular weight is 202 g/mol. The molecule has 0 aliphatic carbocycles. The van der Waals surface area contributed by atoms with Crippen LogP contribution in [0.25, 0.3) is 0 Å². The Balaban J connectivity index is 2.78. The molecule has 1 rings (SSSR count). The van der Waals surface area contributed by atoms with Gasteiger partial charge in [-0.15, -0.1) is 0 Å². The first-order valence-electron chi connectivity index (χ1n) is 3.91. The van der Waals surface area contributed by atoms with Crippen molar-refractivity contribution < 1.29 is 19.8 Å². The minimum Gasteiger partial charge on any atom is -0.511 e. The number of hydrogen-bond acceptors (Lipinski definition) is 4. The van der Waals surface area contributed by atoms with Crippen molar-refractivity contribution in [3.05, 3.63) is 11.3 Å². The van der Waals surface area contributed by atoms with Crippen LogP contribution in [0, 0.1) is 0 Å². The molecular weight excluding hydrogens is 192 g/mol. The van der Waals surface area contributed by atoms with Crippen molar-refractivity contribution in [2.24, 2.45) is 0 Å². The standard InChI is InChI=1S/C8H10O4S/c1-2-4-7(11)5(3-6(9)10)13-8(4)12/h5,11H,2-3H2,1H3,(H,9,10). The number of thioether (sulfide) groups is 1. The lowest BCUT2D eigenvalue weighted by atomic mass is 10.1. The number of rotatable bonds is 3. The van der Waals surface area contributed by atoms with Crippen LogP contribution in [0.15, 0.2) is 11.3 Å². The second kappa shape index (κ2) is 3.83. The maximum Gasteiger partial charge on any atom is 0.304 e. The molecule has 1 heterocycles. The van der Waals surface area contributed by atoms with Crippen LogP contribution < -0.4 is 0 Å². The van der Waals surface area contributed by atoms with Crippen LogP contribution in [0.5, 0.6) is 0 Å². The maximum absolute atomic E-state index is 11.2. The molecule has 5 heteroatoms. The Labute approximate surface area is 79.6 Å². The fourth-order valence-corrected chi connectivity index (χ4v) is 2.31. The summed E-state index contributed by atoms with van der Waals surface area (Å²) in [6.07, 6.45) is 0.250. The Hall–Kier alpha value is -0.970. The molecule has 1 aliphatic rings. The summed E-state index contributed by atoms with van der Waals surface area (Å²) < 4.78 is 0. The van der Waals surface area contributed by atoms with Gasteiger partial charge in [0.25, 0.3) is 0 Å². The van der Waals surface area contributed by atoms with Crippen molar-refractivity contribution in [2.45, 2.75) is 25.0 Å². The lowest BCUT2D eigenvalue weighted by Gasteiger charge is -2.03. The lowest BCUT2D eigenvalue weighted by molar-refractivity contribution is -0.136. The molecule has 4 nitrogen and oxygen atoms in total. The van der Waals surface area contributed by atoms with E-state index in [1.165, 1.54) is 0 Å². The number of carboxylic acids is 1. The van der Waals surface area contributed by atoms with Gasteiger partial charge in [-0.25, -0.2) is 0 Å². The molecule has 0 fully saturated rings. The minimum atomic E-state index is -1.01. The quantitative estimate of drug-likeness (QED) is 0.722. The summed E-state index contributed by atoms with van der Waals surface area (Å²) in [5.41, 5.74) is 0.358. The molecule has 0 radical (unpaired) electrons. The first-order valence-corrected chi connectivity index (χ1v) is 4.79. The van der Waals surface area contributed by atoms with Crippen LogP contribution in [0.1, 0.15) is 19.8 Å². The van der Waals surface area contributed by atoms with Gasteiger partial charge in [-0.2, -0.15) is 0 Å². The van der Waals surface area contributed by atoms with E-state index in [4.69, 9.17) is 5.11 Å². The second-order valence-corrected chi connectivity index (χ2v) is 3.88. The Morgan fingerprint density at radius 2 is 2.23 bits per heavy atom. The number of carbonyl (C=O) groups is 2. The number of aliphatic hydroxyl groups excluding tert-OH is 1. The highest BCUT2D eigenvalue weighted by Gasteiger charge is 2.33. The summed E-state index contributed by atoms with van der Waals surface area (Å²) in [6.45, 7) is 1.76. The first-order chi connectivity index (χ1) is 6.06. The smallest absolute Gasteiger partial charge is 0.304 e. The lowest BCUT2D eigenvalue weighted by Crippen LogP contribution is -2.09. The van der Waals surface area contributed by atoms with E-state index in [9.17, 15) is 14.7 Å². The monoisotopic (exact) mass is 202 g/mol. The van der Waals surface area contributed by atoms with Crippen molar-refractivity contribution in [1.82, 2.24) is 0 Å². The van der Waals surface area contributed by atoms with Gasteiger partial charge in [-0.1, -0.05) is 18.7 Å². The Morgan fingerprint density at radius 3 is 2.62 bits per heavy atom. The van der Waals surface area contributed by atoms with E-state index in [0.29, 0.717) is 12.0 Å². The molecular formula is C8H10O4S. The van der Waals surface area contributed by atoms with Crippen LogP contribution in [-0.2, 0) is 9.59 Å². The Kier molecular flexibility index (Phi) is 2.98. The van der Waals surface area contributed by atoms with Gasteiger partial charge in [0, 0.05) is 5.57 Å². The highest BCUT2D eigenvalue weighted by atomic mass is 32.2. The number of aliphatic carboxylic acids is 1. The first kappa shape index (κ1) is 10.1. The van der Waals surface area contributed by atoms with Gasteiger partial charge in [0.05, 0.1) is 11.7 Å². The molecule has 0 saturated carbocycles. The summed E-state index contributed by atoms with van der Waals surface area (Å²) >= 11 is 0.891. The predicted octanol–water partition coefficient (Wildman–Crippen LogP) is 1.33. The number of carboxylic acid groups (broad SMARTS) is 1. The van der Waals surface area contributed by atoms with Gasteiger partial charge in [0.2, 0.25) is 5.12 Å². The van der Waals surface area contributed by atoms with E-state index >= 15 is 0 Å². The molecule has 2 N–H and O–H groups in total. The van der Waals surface area contributed by atoms with E-state index in [1.807, 2.05) is 0 Å². The van der Waals surface area contributed by atoms with Crippen LogP contribution in [0.4, 0.5) is 0 Å². The van der Waals surface area contributed by atoms with Crippen molar-refractivity contribution in [2.75, 3.05) is 0 Å². The summed E-state index contributed by atoms with van der Waals surface area (Å²) in [5.74, 6) is -1.06. The molecule has 1 aliphatic heterocycles. The average Bonchev–Trinajstić information content (AvgIpc) is 2.26. The van der Waals surface area contributed by atoms with E-state index in [-0.39, 0.29) is 17.3 Å². The van der Waals surface area contributed by atoms with Crippen molar-refractivity contribution >= 4 is 22.8 Å². The molecule has 0 spiro atoms. The molecule has 0 bridgehead atoms. The zero-order chi connectivity index (χ0) is 10.0. The largest absolute Gasteiger partial charge is 0.511 e. The van der Waals surface area contributed by atoms with E-state index in [1.54, 1.807) is 6.92 Å². The van der Waals surface area contributed by atoms with Gasteiger partial charge in [0.15, 0.2) is 0 Å². The fourth-order valence-electron chi connectivity index (χ4n) is 1.18. The van der Waals surface area contributed by atoms with Crippen molar-refractivity contribution in [3.63, 3.8) is 0 Å². The fraction of sp³-hybridized carbons (Fsp3) is 0.500. The summed E-state index contributed by atoms with van der Waals surface area (Å²) in [5, 5.41) is 17.1. The normalized spacial score (nSPS) is 22.5. The van der Waals surface area contributed by atoms with Crippen molar-refractivity contribution in [1.29, 1.82) is 0 Å². The number of carbonyl (C=O) groups excluding carboxylic acids is 1. The third kappa shape index (κ3) is 2.03. The molecule has 0 amide bonds. The van der Waals surface area contributed by atoms with Crippen molar-refractivity contribution in [3.8, 4) is 0 Å². The molecule has 0 aromatic heterocycles. The SMILES string of the molecule is CCC1=C(O)C(CC(=O)O)SC1=O. The van der Waals surface area contributed by atoms with Gasteiger partial charge in [0.1, 0.15) is 5.76 Å². The summed E-state index contributed by atoms with van der Waals surface area (Å²) in [6, 6.07) is 0. The zero-order valence-corrected chi connectivity index (χ0v) is 7.93. The van der Waals surface area contributed by atoms with Crippen LogP contribution in [-0.4, -0.2) is 26.5 Å². The third-order valence-electron chi connectivity index (χ3n) is 1.82. The van der Waals surface area contributed by atoms with Gasteiger partial charge in [-0.05, 0) is 6.42 Å². The molecule has 13 heavy (non-hydrogen) atoms. The molecule has 0 aromatic carbocycles. The molecule has 1 atom stereocenters. The van der Waals surface area contributed by atoms with Gasteiger partial charge in [-0.3, -0.25) is 9.59 Å². The van der Waals surface area contributed by atoms with E-state index in [2.05, 4.69) is 0 Å². The Morgan fingerprint density at radius 1 is 1.62 bits per heavy atom. The van der Waals surface area contributed by atoms with E-state index < -0.39 is 11.2 Å². The molecule has 0 aromatic rings. The molecule has 72 valence electrons. The third-order valence-corrected chi connectivity index (χ3v) is 2.96. The Bertz CT molecular complexity index is 282. The summed E-state index contributed by atoms with van der Waals surface area (Å²) in [7, 11) is 0. The predicted molar refractivity (Wildman–Crippen MR) is 48.6 cm³/mol. The molecule has 1 unspecified atom stereocenters.